The SMILES string of the molecule is C.C.C=C[C@@H]1C[C@]1(CC(=O)[C@@H]1[C@H](C)[C@@H](Oc2cc(-c3nc(C(C)C)cs3)nc3c(C)c(OC)ccc23)CN1C(=O)OC(C)(C)C)C(=O)NS(=O)(=O)C1CC1.C=C[C@@H]1C[C@]1(N)C(=O)NS(=O)(=O)C1CC1.COc1ccc2c(Cl)cc(-c3nc(C(C)C)cs3)nc2c1C.COc1ccc2c(O[C@H]3CN(C(=O)OC(C)(C)C)[C@H](C(=O)O)[C@@H]3C)cc(-c3nc(C(C)C)cs3)nc2c1C.C[C@H]1[C@@H](C(=O)O)N(C(=O)OC(C)(C)C)C[C@@H]1O.Cl. The number of Topliss-reactive ketones (excluding diaryl/α,β-unsaturated/α-hetero) is 1. The number of likely N-dealkylation sites (tertiary alicyclic amines) is 3. The van der Waals surface area contributed by atoms with Crippen LogP contribution in [0.2, 0.25) is 5.02 Å². The monoisotopic (exact) mass is 2170 g/mol. The van der Waals surface area contributed by atoms with Gasteiger partial charge >= 0.3 is 30.2 Å². The number of β-amino-alcohol motifs (C(OH)–C–C–N with tert-alkyl or cyclic N) is 1. The Labute approximate surface area is 884 Å². The van der Waals surface area contributed by atoms with Gasteiger partial charge in [0, 0.05) is 91.2 Å². The van der Waals surface area contributed by atoms with E-state index in [-0.39, 0.29) is 89.2 Å². The van der Waals surface area contributed by atoms with Gasteiger partial charge in [-0.1, -0.05) is 101 Å². The first-order chi connectivity index (χ1) is 67.2. The van der Waals surface area contributed by atoms with Crippen LogP contribution in [0.4, 0.5) is 14.4 Å². The standard InChI is InChI=1S/C38H48N4O8S2.C28H35N3O6S.C17H17ClN2OS.C11H19NO5.C9H14N2O3S.2CH4.ClH/c1-10-23-16-38(23,35(44)41-52(46,47)24-11-12-24)17-28(43)33-22(5)31(18-42(33)36(45)50-37(6,7)8)49-30-15-26(34-40-27(19-51-34)20(2)3)39-32-21(4)29(48-9)14-13-25(30)32;1-14(2)19-13-38-25(30-19)18-11-21(17-9-10-20(35-8)15(3)23(17)29-18)36-22-12-31(24(16(22)4)26(32)33)27(34)37-28(5,6)7;1-9(2)14-8-22-17(20-14)13-7-12(18)11-5-6-15(21-4)10(3)16(11)19-13;1-6-7(13)5-12(8(6)9(14)15)10(16)17-11(2,3)4;1-2-6-5-9(6,10)8(12)11-15(13,14)7-3-4-7;;;/h10,13-15,19-20,22-24,31,33H,1,11-12,16-18H2,2-9H3,(H,41,44);9-11,13-14,16,22,24H,12H2,1-8H3,(H,32,33);5-9H,1-4H3;6-8,13H,5H2,1-4H3,(H,14,15);2,6-7H,1,3-5,10H2,(H,11,12);2*1H4;1H/t22-,23-,31+,33+,38-;16-,22+,24+;;6-,7+,8+;6-,9-;;;/m11.11.../s1. The Hall–Kier alpha value is -11.0. The van der Waals surface area contributed by atoms with Crippen LogP contribution in [0.1, 0.15) is 236 Å². The molecule has 0 spiro atoms. The second-order valence-electron chi connectivity index (χ2n) is 41.7. The maximum atomic E-state index is 14.4. The average molecular weight is 2170 g/mol. The quantitative estimate of drug-likeness (QED) is 0.0217. The van der Waals surface area contributed by atoms with Gasteiger partial charge in [-0.25, -0.2) is 70.7 Å². The Kier molecular flexibility index (Phi) is 38.3. The van der Waals surface area contributed by atoms with Crippen LogP contribution in [0.15, 0.2) is 96.0 Å². The van der Waals surface area contributed by atoms with E-state index in [9.17, 15) is 65.4 Å². The number of thiazole rings is 3. The molecule has 0 unspecified atom stereocenters. The van der Waals surface area contributed by atoms with Crippen molar-refractivity contribution < 1.29 is 108 Å². The first-order valence-electron chi connectivity index (χ1n) is 47.9. The van der Waals surface area contributed by atoms with E-state index in [1.165, 1.54) is 32.5 Å². The summed E-state index contributed by atoms with van der Waals surface area (Å²) in [5.41, 5.74) is 11.2. The summed E-state index contributed by atoms with van der Waals surface area (Å²) in [6.45, 7) is 46.8. The van der Waals surface area contributed by atoms with Crippen LogP contribution in [0.3, 0.4) is 0 Å². The van der Waals surface area contributed by atoms with Gasteiger partial charge in [-0.2, -0.15) is 0 Å². The fraction of sp³-hybridized carbons (Fsp3) is 0.543. The Bertz CT molecular complexity index is 6640. The molecule has 7 N–H and O–H groups in total. The number of aryl methyl sites for hydroxylation is 3. The molecule has 3 saturated heterocycles. The van der Waals surface area contributed by atoms with E-state index in [2.05, 4.69) is 69.8 Å². The molecule has 5 amide bonds. The minimum atomic E-state index is -3.83. The Morgan fingerprint density at radius 1 is 0.503 bits per heavy atom. The molecule has 0 radical (unpaired) electrons. The fourth-order valence-electron chi connectivity index (χ4n) is 17.4. The number of sulfonamides is 2. The minimum Gasteiger partial charge on any atom is -0.496 e. The highest BCUT2D eigenvalue weighted by molar-refractivity contribution is 7.91. The molecular formula is C105H142Cl2N12O23S5. The van der Waals surface area contributed by atoms with E-state index < -0.39 is 155 Å². The van der Waals surface area contributed by atoms with E-state index >= 15 is 0 Å². The van der Waals surface area contributed by atoms with E-state index in [0.717, 1.165) is 86.8 Å². The van der Waals surface area contributed by atoms with Crippen LogP contribution < -0.4 is 38.9 Å². The van der Waals surface area contributed by atoms with Crippen LogP contribution in [-0.2, 0) is 58.2 Å². The molecule has 42 heteroatoms. The molecule has 4 saturated carbocycles. The summed E-state index contributed by atoms with van der Waals surface area (Å²) in [5, 5.41) is 39.3. The van der Waals surface area contributed by atoms with E-state index in [1.807, 2.05) is 97.8 Å². The number of nitrogens with one attached hydrogen (secondary N) is 2. The summed E-state index contributed by atoms with van der Waals surface area (Å²) in [6.07, 6.45) is 1.80. The van der Waals surface area contributed by atoms with Gasteiger partial charge in [0.05, 0.1) is 102 Å². The molecule has 16 rings (SSSR count). The topological polar surface area (TPSA) is 477 Å². The molecule has 13 atom stereocenters. The lowest BCUT2D eigenvalue weighted by molar-refractivity contribution is -0.144. The van der Waals surface area contributed by atoms with Gasteiger partial charge in [-0.05, 0) is 188 Å². The molecule has 4 aliphatic carbocycles. The fourth-order valence-corrected chi connectivity index (χ4v) is 23.2. The highest BCUT2D eigenvalue weighted by Gasteiger charge is 2.63. The Morgan fingerprint density at radius 2 is 0.837 bits per heavy atom. The number of carbonyl (C=O) groups is 8. The van der Waals surface area contributed by atoms with E-state index in [4.69, 9.17) is 85.3 Å². The summed E-state index contributed by atoms with van der Waals surface area (Å²) >= 11 is 11.1. The van der Waals surface area contributed by atoms with Gasteiger partial charge in [0.15, 0.2) is 5.78 Å². The highest BCUT2D eigenvalue weighted by Crippen LogP contribution is 2.58. The summed E-state index contributed by atoms with van der Waals surface area (Å²) in [5.74, 6) is -1.74. The number of fused-ring (bicyclic) bond motifs is 3. The Morgan fingerprint density at radius 3 is 1.16 bits per heavy atom. The van der Waals surface area contributed by atoms with Crippen LogP contribution in [0.25, 0.3) is 64.8 Å². The van der Waals surface area contributed by atoms with Crippen molar-refractivity contribution >= 4 is 159 Å². The minimum absolute atomic E-state index is 0. The molecule has 9 aromatic rings. The van der Waals surface area contributed by atoms with Gasteiger partial charge < -0.3 is 58.9 Å². The molecule has 35 nitrogen and oxygen atoms in total. The number of carbonyl (C=O) groups excluding carboxylic acids is 6. The number of ketones is 1. The summed E-state index contributed by atoms with van der Waals surface area (Å²) in [6, 6.07) is 13.8. The number of carboxylic acids is 2. The molecule has 804 valence electrons. The number of allylic oxidation sites excluding steroid dienone is 1. The average Bonchev–Trinajstić information content (AvgIpc) is 1.56. The van der Waals surface area contributed by atoms with Crippen molar-refractivity contribution in [3.63, 3.8) is 0 Å². The third kappa shape index (κ3) is 27.4. The van der Waals surface area contributed by atoms with Crippen molar-refractivity contribution in [2.75, 3.05) is 41.0 Å². The number of nitrogens with two attached hydrogens (primary N) is 1. The first-order valence-corrected chi connectivity index (χ1v) is 54.0. The van der Waals surface area contributed by atoms with Gasteiger partial charge in [0.25, 0.3) is 5.91 Å². The lowest BCUT2D eigenvalue weighted by Gasteiger charge is -2.29. The normalized spacial score (nSPS) is 22.4. The Balaban J connectivity index is 0.000000220. The number of aliphatic hydroxyl groups excluding tert-OH is 1. The number of hydrogen-bond acceptors (Lipinski definition) is 31. The molecule has 9 heterocycles. The van der Waals surface area contributed by atoms with Gasteiger partial charge in [-0.15, -0.1) is 59.6 Å². The van der Waals surface area contributed by atoms with E-state index in [1.54, 1.807) is 121 Å². The molecule has 7 fully saturated rings. The predicted octanol–water partition coefficient (Wildman–Crippen LogP) is 19.8. The highest BCUT2D eigenvalue weighted by atomic mass is 35.5. The van der Waals surface area contributed by atoms with Gasteiger partial charge in [0.1, 0.15) is 114 Å². The number of aliphatic carboxylic acids is 2. The number of aromatic nitrogens is 6. The number of methoxy groups -OCH3 is 3. The number of benzene rings is 3. The van der Waals surface area contributed by atoms with Crippen LogP contribution in [0, 0.1) is 55.8 Å². The third-order valence-corrected chi connectivity index (χ3v) is 32.9. The molecule has 0 bridgehead atoms. The van der Waals surface area contributed by atoms with Crippen molar-refractivity contribution in [3.8, 4) is 60.9 Å². The van der Waals surface area contributed by atoms with Gasteiger partial charge in [-0.3, -0.25) is 38.5 Å². The number of pyridine rings is 3. The number of ether oxygens (including phenoxy) is 8. The second-order valence-corrected chi connectivity index (χ2v) is 48.6. The summed E-state index contributed by atoms with van der Waals surface area (Å²) in [4.78, 5) is 134. The van der Waals surface area contributed by atoms with E-state index in [0.29, 0.717) is 88.5 Å². The zero-order valence-electron chi connectivity index (χ0n) is 86.2. The molecule has 7 aliphatic rings. The van der Waals surface area contributed by atoms with Crippen molar-refractivity contribution in [3.05, 3.63) is 135 Å². The lowest BCUT2D eigenvalue weighted by atomic mass is 9.88. The number of nitrogens with zero attached hydrogens (tertiary/aromatic N) is 9. The molecule has 3 aromatic carbocycles. The molecular weight excluding hydrogens is 2030 g/mol. The van der Waals surface area contributed by atoms with Crippen LogP contribution in [-0.4, -0.2) is 235 Å². The van der Waals surface area contributed by atoms with Crippen molar-refractivity contribution in [2.45, 2.75) is 292 Å². The second kappa shape index (κ2) is 47.1. The van der Waals surface area contributed by atoms with Crippen LogP contribution >= 0.6 is 58.0 Å². The zero-order valence-corrected chi connectivity index (χ0v) is 91.9. The number of amides is 5. The summed E-state index contributed by atoms with van der Waals surface area (Å²) in [7, 11) is -2.43. The van der Waals surface area contributed by atoms with Crippen molar-refractivity contribution in [1.29, 1.82) is 0 Å². The summed E-state index contributed by atoms with van der Waals surface area (Å²) < 4.78 is 98.8. The molecule has 3 aliphatic heterocycles. The molecule has 147 heavy (non-hydrogen) atoms. The van der Waals surface area contributed by atoms with Crippen molar-refractivity contribution in [1.82, 2.24) is 54.0 Å². The number of aliphatic hydroxyl groups is 1. The number of halogens is 2. The van der Waals surface area contributed by atoms with Gasteiger partial charge in [0.2, 0.25) is 26.0 Å². The molecule has 6 aromatic heterocycles. The predicted molar refractivity (Wildman–Crippen MR) is 574 cm³/mol. The third-order valence-electron chi connectivity index (χ3n) is 26.3. The first kappa shape index (κ1) is 120. The lowest BCUT2D eigenvalue weighted by Crippen LogP contribution is -2.47. The number of carboxylic acid groups (broad SMARTS) is 2. The largest absolute Gasteiger partial charge is 0.496 e. The van der Waals surface area contributed by atoms with Crippen LogP contribution in [0.5, 0.6) is 28.7 Å². The maximum Gasteiger partial charge on any atom is 0.411 e. The van der Waals surface area contributed by atoms with Crippen molar-refractivity contribution in [2.24, 2.45) is 40.7 Å². The number of hydrogen-bond donors (Lipinski definition) is 6. The number of rotatable bonds is 26. The zero-order chi connectivity index (χ0) is 106. The maximum absolute atomic E-state index is 14.4. The smallest absolute Gasteiger partial charge is 0.411 e.